The third kappa shape index (κ3) is 4.14. The van der Waals surface area contributed by atoms with Gasteiger partial charge in [-0.1, -0.05) is 31.0 Å². The monoisotopic (exact) mass is 226 g/mol. The minimum absolute atomic E-state index is 0.344. The van der Waals surface area contributed by atoms with Gasteiger partial charge in [-0.15, -0.1) is 0 Å². The van der Waals surface area contributed by atoms with Gasteiger partial charge in [-0.3, -0.25) is 4.21 Å². The third-order valence-corrected chi connectivity index (χ3v) is 3.74. The van der Waals surface area contributed by atoms with Crippen LogP contribution in [0.5, 0.6) is 0 Å². The molecule has 2 atom stereocenters. The standard InChI is InChI=1S/C12H18O2S/c1-3-4-11(13)9-15(14)12-7-5-10(2)6-8-12/h5-8,11,13H,3-4,9H2,1-2H3/t11-,15?/m1/s1. The highest BCUT2D eigenvalue weighted by atomic mass is 32.2. The Labute approximate surface area is 93.8 Å². The average molecular weight is 226 g/mol. The van der Waals surface area contributed by atoms with E-state index in [0.717, 1.165) is 23.3 Å². The molecule has 0 saturated carbocycles. The van der Waals surface area contributed by atoms with Gasteiger partial charge >= 0.3 is 0 Å². The van der Waals surface area contributed by atoms with Crippen LogP contribution in [0.1, 0.15) is 25.3 Å². The molecule has 0 radical (unpaired) electrons. The molecule has 0 spiro atoms. The molecular formula is C12H18O2S. The van der Waals surface area contributed by atoms with Gasteiger partial charge in [0, 0.05) is 4.90 Å². The van der Waals surface area contributed by atoms with E-state index in [1.165, 1.54) is 0 Å². The van der Waals surface area contributed by atoms with Crippen molar-refractivity contribution in [2.75, 3.05) is 5.75 Å². The molecule has 0 fully saturated rings. The van der Waals surface area contributed by atoms with Crippen LogP contribution in [0, 0.1) is 6.92 Å². The second kappa shape index (κ2) is 6.03. The van der Waals surface area contributed by atoms with E-state index in [1.54, 1.807) is 0 Å². The molecule has 1 unspecified atom stereocenters. The lowest BCUT2D eigenvalue weighted by Gasteiger charge is -2.08. The van der Waals surface area contributed by atoms with Gasteiger partial charge in [0.15, 0.2) is 0 Å². The molecule has 1 rings (SSSR count). The quantitative estimate of drug-likeness (QED) is 0.836. The van der Waals surface area contributed by atoms with E-state index >= 15 is 0 Å². The smallest absolute Gasteiger partial charge is 0.0658 e. The highest BCUT2D eigenvalue weighted by molar-refractivity contribution is 7.85. The number of benzene rings is 1. The summed E-state index contributed by atoms with van der Waals surface area (Å²) in [5, 5.41) is 9.54. The van der Waals surface area contributed by atoms with Crippen molar-refractivity contribution in [2.24, 2.45) is 0 Å². The summed E-state index contributed by atoms with van der Waals surface area (Å²) in [6, 6.07) is 7.62. The Morgan fingerprint density at radius 1 is 1.33 bits per heavy atom. The summed E-state index contributed by atoms with van der Waals surface area (Å²) in [5.74, 6) is 0.344. The average Bonchev–Trinajstić information content (AvgIpc) is 2.18. The van der Waals surface area contributed by atoms with Crippen LogP contribution in [0.25, 0.3) is 0 Å². The van der Waals surface area contributed by atoms with Gasteiger partial charge in [-0.2, -0.15) is 0 Å². The molecule has 0 aliphatic carbocycles. The Kier molecular flexibility index (Phi) is 4.99. The normalized spacial score (nSPS) is 14.9. The van der Waals surface area contributed by atoms with Crippen molar-refractivity contribution in [3.8, 4) is 0 Å². The van der Waals surface area contributed by atoms with Gasteiger partial charge in [0.2, 0.25) is 0 Å². The van der Waals surface area contributed by atoms with Crippen LogP contribution in [0.2, 0.25) is 0 Å². The summed E-state index contributed by atoms with van der Waals surface area (Å²) in [7, 11) is -1.07. The minimum atomic E-state index is -1.07. The lowest BCUT2D eigenvalue weighted by atomic mass is 10.2. The van der Waals surface area contributed by atoms with Crippen molar-refractivity contribution in [3.05, 3.63) is 29.8 Å². The summed E-state index contributed by atoms with van der Waals surface area (Å²) >= 11 is 0. The molecule has 0 aliphatic rings. The molecule has 0 amide bonds. The molecule has 0 saturated heterocycles. The van der Waals surface area contributed by atoms with E-state index in [9.17, 15) is 9.32 Å². The van der Waals surface area contributed by atoms with Crippen LogP contribution in [0.3, 0.4) is 0 Å². The van der Waals surface area contributed by atoms with E-state index in [-0.39, 0.29) is 0 Å². The van der Waals surface area contributed by atoms with Crippen molar-refractivity contribution < 1.29 is 9.32 Å². The Morgan fingerprint density at radius 2 is 1.93 bits per heavy atom. The maximum Gasteiger partial charge on any atom is 0.0658 e. The lowest BCUT2D eigenvalue weighted by Crippen LogP contribution is -2.16. The number of aryl methyl sites for hydroxylation is 1. The van der Waals surface area contributed by atoms with Crippen LogP contribution in [-0.2, 0) is 10.8 Å². The van der Waals surface area contributed by atoms with Crippen LogP contribution in [0.15, 0.2) is 29.2 Å². The van der Waals surface area contributed by atoms with Crippen molar-refractivity contribution >= 4 is 10.8 Å². The van der Waals surface area contributed by atoms with Crippen LogP contribution in [-0.4, -0.2) is 21.2 Å². The van der Waals surface area contributed by atoms with Gasteiger partial charge in [0.1, 0.15) is 0 Å². The third-order valence-electron chi connectivity index (χ3n) is 2.25. The van der Waals surface area contributed by atoms with Crippen molar-refractivity contribution in [1.29, 1.82) is 0 Å². The van der Waals surface area contributed by atoms with Gasteiger partial charge in [-0.05, 0) is 25.5 Å². The second-order valence-electron chi connectivity index (χ2n) is 3.77. The van der Waals surface area contributed by atoms with Gasteiger partial charge in [0.25, 0.3) is 0 Å². The first-order chi connectivity index (χ1) is 7.13. The Morgan fingerprint density at radius 3 is 2.47 bits per heavy atom. The number of aliphatic hydroxyl groups excluding tert-OH is 1. The molecule has 15 heavy (non-hydrogen) atoms. The molecule has 1 N–H and O–H groups in total. The highest BCUT2D eigenvalue weighted by Gasteiger charge is 2.10. The predicted molar refractivity (Wildman–Crippen MR) is 63.4 cm³/mol. The molecule has 2 nitrogen and oxygen atoms in total. The summed E-state index contributed by atoms with van der Waals surface area (Å²) < 4.78 is 11.8. The molecule has 0 heterocycles. The topological polar surface area (TPSA) is 37.3 Å². The first kappa shape index (κ1) is 12.4. The molecule has 0 aliphatic heterocycles. The molecule has 84 valence electrons. The van der Waals surface area contributed by atoms with E-state index in [4.69, 9.17) is 0 Å². The molecule has 0 bridgehead atoms. The minimum Gasteiger partial charge on any atom is -0.392 e. The maximum atomic E-state index is 11.8. The van der Waals surface area contributed by atoms with E-state index in [0.29, 0.717) is 5.75 Å². The number of hydrogen-bond donors (Lipinski definition) is 1. The van der Waals surface area contributed by atoms with Gasteiger partial charge < -0.3 is 5.11 Å². The summed E-state index contributed by atoms with van der Waals surface area (Å²) in [4.78, 5) is 0.802. The predicted octanol–water partition coefficient (Wildman–Crippen LogP) is 2.26. The highest BCUT2D eigenvalue weighted by Crippen LogP contribution is 2.10. The van der Waals surface area contributed by atoms with Crippen molar-refractivity contribution in [1.82, 2.24) is 0 Å². The lowest BCUT2D eigenvalue weighted by molar-refractivity contribution is 0.187. The first-order valence-corrected chi connectivity index (χ1v) is 6.58. The number of aliphatic hydroxyl groups is 1. The fourth-order valence-electron chi connectivity index (χ4n) is 1.38. The second-order valence-corrected chi connectivity index (χ2v) is 5.26. The van der Waals surface area contributed by atoms with E-state index in [1.807, 2.05) is 38.1 Å². The molecule has 1 aromatic rings. The Balaban J connectivity index is 2.57. The zero-order valence-corrected chi connectivity index (χ0v) is 10.1. The fraction of sp³-hybridized carbons (Fsp3) is 0.500. The summed E-state index contributed by atoms with van der Waals surface area (Å²) in [5.41, 5.74) is 1.16. The summed E-state index contributed by atoms with van der Waals surface area (Å²) in [6.07, 6.45) is 1.20. The van der Waals surface area contributed by atoms with Crippen LogP contribution in [0.4, 0.5) is 0 Å². The Hall–Kier alpha value is -0.670. The Bertz CT molecular complexity index is 319. The maximum absolute atomic E-state index is 11.8. The van der Waals surface area contributed by atoms with E-state index in [2.05, 4.69) is 0 Å². The zero-order chi connectivity index (χ0) is 11.3. The van der Waals surface area contributed by atoms with Crippen LogP contribution < -0.4 is 0 Å². The van der Waals surface area contributed by atoms with Gasteiger partial charge in [-0.25, -0.2) is 0 Å². The van der Waals surface area contributed by atoms with Gasteiger partial charge in [0.05, 0.1) is 22.7 Å². The van der Waals surface area contributed by atoms with Crippen LogP contribution >= 0.6 is 0 Å². The van der Waals surface area contributed by atoms with Crippen molar-refractivity contribution in [3.63, 3.8) is 0 Å². The SMILES string of the molecule is CCC[C@@H](O)CS(=O)c1ccc(C)cc1. The molecular weight excluding hydrogens is 208 g/mol. The summed E-state index contributed by atoms with van der Waals surface area (Å²) in [6.45, 7) is 4.01. The molecule has 0 aromatic heterocycles. The molecule has 1 aromatic carbocycles. The molecule has 3 heteroatoms. The zero-order valence-electron chi connectivity index (χ0n) is 9.27. The van der Waals surface area contributed by atoms with Crippen molar-refractivity contribution in [2.45, 2.75) is 37.7 Å². The first-order valence-electron chi connectivity index (χ1n) is 5.26. The fourth-order valence-corrected chi connectivity index (χ4v) is 2.53. The largest absolute Gasteiger partial charge is 0.392 e. The van der Waals surface area contributed by atoms with E-state index < -0.39 is 16.9 Å². The number of rotatable bonds is 5. The number of hydrogen-bond acceptors (Lipinski definition) is 2.